The van der Waals surface area contributed by atoms with Crippen molar-refractivity contribution >= 4 is 17.5 Å². The number of piperidine rings is 1. The molecular formula is C22H19ClFN3O. The molecule has 0 saturated carbocycles. The number of carbonyl (C=O) groups excluding carboxylic acids is 1. The van der Waals surface area contributed by atoms with Crippen LogP contribution in [0.4, 0.5) is 4.39 Å². The van der Waals surface area contributed by atoms with Gasteiger partial charge in [0, 0.05) is 47.0 Å². The van der Waals surface area contributed by atoms with Crippen LogP contribution in [0.25, 0.3) is 11.4 Å². The Kier molecular flexibility index (Phi) is 5.35. The molecule has 1 unspecified atom stereocenters. The van der Waals surface area contributed by atoms with Gasteiger partial charge < -0.3 is 4.90 Å². The molecule has 28 heavy (non-hydrogen) atoms. The molecule has 0 N–H and O–H groups in total. The molecule has 0 spiro atoms. The van der Waals surface area contributed by atoms with E-state index in [4.69, 9.17) is 11.6 Å². The van der Waals surface area contributed by atoms with Crippen molar-refractivity contribution in [3.63, 3.8) is 0 Å². The SMILES string of the molecule is O=C(c1ccc(Cl)cc1)N1CCCC(c2ccnc(-c3cccc(F)c3)n2)C1. The molecule has 0 bridgehead atoms. The smallest absolute Gasteiger partial charge is 0.253 e. The summed E-state index contributed by atoms with van der Waals surface area (Å²) in [6.45, 7) is 1.32. The molecule has 1 aliphatic rings. The van der Waals surface area contributed by atoms with Gasteiger partial charge in [0.05, 0.1) is 0 Å². The Morgan fingerprint density at radius 1 is 1.14 bits per heavy atom. The Bertz CT molecular complexity index is 993. The summed E-state index contributed by atoms with van der Waals surface area (Å²) in [6.07, 6.45) is 3.55. The van der Waals surface area contributed by atoms with Crippen molar-refractivity contribution < 1.29 is 9.18 Å². The minimum absolute atomic E-state index is 0.000719. The van der Waals surface area contributed by atoms with E-state index in [1.165, 1.54) is 12.1 Å². The van der Waals surface area contributed by atoms with E-state index in [0.717, 1.165) is 25.1 Å². The summed E-state index contributed by atoms with van der Waals surface area (Å²) >= 11 is 5.92. The van der Waals surface area contributed by atoms with Crippen molar-refractivity contribution in [2.45, 2.75) is 18.8 Å². The molecule has 1 amide bonds. The highest BCUT2D eigenvalue weighted by Gasteiger charge is 2.26. The molecular weight excluding hydrogens is 377 g/mol. The first-order valence-corrected chi connectivity index (χ1v) is 9.62. The lowest BCUT2D eigenvalue weighted by Gasteiger charge is -2.32. The zero-order valence-electron chi connectivity index (χ0n) is 15.2. The van der Waals surface area contributed by atoms with Gasteiger partial charge in [-0.3, -0.25) is 4.79 Å². The van der Waals surface area contributed by atoms with Crippen molar-refractivity contribution in [3.8, 4) is 11.4 Å². The molecule has 1 saturated heterocycles. The van der Waals surface area contributed by atoms with E-state index >= 15 is 0 Å². The number of hydrogen-bond acceptors (Lipinski definition) is 3. The number of rotatable bonds is 3. The molecule has 2 heterocycles. The van der Waals surface area contributed by atoms with E-state index in [1.807, 2.05) is 11.0 Å². The predicted molar refractivity (Wildman–Crippen MR) is 107 cm³/mol. The van der Waals surface area contributed by atoms with Gasteiger partial charge in [-0.25, -0.2) is 14.4 Å². The second-order valence-electron chi connectivity index (χ2n) is 6.91. The van der Waals surface area contributed by atoms with Gasteiger partial charge in [-0.1, -0.05) is 23.7 Å². The Hall–Kier alpha value is -2.79. The normalized spacial score (nSPS) is 16.8. The number of hydrogen-bond donors (Lipinski definition) is 0. The third kappa shape index (κ3) is 4.04. The fraction of sp³-hybridized carbons (Fsp3) is 0.227. The lowest BCUT2D eigenvalue weighted by Crippen LogP contribution is -2.39. The van der Waals surface area contributed by atoms with Gasteiger partial charge in [0.15, 0.2) is 5.82 Å². The van der Waals surface area contributed by atoms with Gasteiger partial charge in [-0.05, 0) is 55.3 Å². The lowest BCUT2D eigenvalue weighted by atomic mass is 9.94. The van der Waals surface area contributed by atoms with Gasteiger partial charge in [-0.2, -0.15) is 0 Å². The van der Waals surface area contributed by atoms with Gasteiger partial charge in [0.1, 0.15) is 5.82 Å². The number of nitrogens with zero attached hydrogens (tertiary/aromatic N) is 3. The van der Waals surface area contributed by atoms with Crippen molar-refractivity contribution in [2.75, 3.05) is 13.1 Å². The van der Waals surface area contributed by atoms with Crippen LogP contribution in [0.2, 0.25) is 5.02 Å². The number of benzene rings is 2. The second kappa shape index (κ2) is 8.07. The predicted octanol–water partition coefficient (Wildman–Crippen LogP) is 4.96. The average Bonchev–Trinajstić information content (AvgIpc) is 2.74. The zero-order valence-corrected chi connectivity index (χ0v) is 15.9. The molecule has 4 rings (SSSR count). The highest BCUT2D eigenvalue weighted by atomic mass is 35.5. The molecule has 4 nitrogen and oxygen atoms in total. The van der Waals surface area contributed by atoms with Crippen LogP contribution < -0.4 is 0 Å². The second-order valence-corrected chi connectivity index (χ2v) is 7.35. The monoisotopic (exact) mass is 395 g/mol. The van der Waals surface area contributed by atoms with Crippen LogP contribution in [-0.4, -0.2) is 33.9 Å². The highest BCUT2D eigenvalue weighted by molar-refractivity contribution is 6.30. The van der Waals surface area contributed by atoms with Crippen LogP contribution in [0.3, 0.4) is 0 Å². The number of aromatic nitrogens is 2. The Morgan fingerprint density at radius 3 is 2.75 bits per heavy atom. The summed E-state index contributed by atoms with van der Waals surface area (Å²) in [4.78, 5) is 23.6. The van der Waals surface area contributed by atoms with E-state index in [0.29, 0.717) is 28.5 Å². The molecule has 2 aromatic carbocycles. The molecule has 1 fully saturated rings. The van der Waals surface area contributed by atoms with Crippen molar-refractivity contribution in [1.29, 1.82) is 0 Å². The fourth-order valence-corrected chi connectivity index (χ4v) is 3.67. The third-order valence-electron chi connectivity index (χ3n) is 4.98. The summed E-state index contributed by atoms with van der Waals surface area (Å²) in [6, 6.07) is 15.1. The molecule has 142 valence electrons. The molecule has 1 atom stereocenters. The van der Waals surface area contributed by atoms with E-state index in [2.05, 4.69) is 9.97 Å². The van der Waals surface area contributed by atoms with Crippen LogP contribution in [0.15, 0.2) is 60.8 Å². The van der Waals surface area contributed by atoms with E-state index < -0.39 is 0 Å². The van der Waals surface area contributed by atoms with Crippen molar-refractivity contribution in [3.05, 3.63) is 82.9 Å². The maximum atomic E-state index is 13.5. The van der Waals surface area contributed by atoms with Gasteiger partial charge in [0.2, 0.25) is 0 Å². The summed E-state index contributed by atoms with van der Waals surface area (Å²) in [5, 5.41) is 0.610. The Labute approximate surface area is 168 Å². The number of likely N-dealkylation sites (tertiary alicyclic amines) is 1. The summed E-state index contributed by atoms with van der Waals surface area (Å²) in [5.41, 5.74) is 2.16. The summed E-state index contributed by atoms with van der Waals surface area (Å²) in [7, 11) is 0. The topological polar surface area (TPSA) is 46.1 Å². The Morgan fingerprint density at radius 2 is 1.96 bits per heavy atom. The summed E-state index contributed by atoms with van der Waals surface area (Å²) < 4.78 is 13.5. The number of halogens is 2. The molecule has 0 aliphatic carbocycles. The molecule has 1 aliphatic heterocycles. The van der Waals surface area contributed by atoms with Gasteiger partial charge >= 0.3 is 0 Å². The molecule has 3 aromatic rings. The van der Waals surface area contributed by atoms with Crippen LogP contribution in [0.5, 0.6) is 0 Å². The fourth-order valence-electron chi connectivity index (χ4n) is 3.54. The minimum Gasteiger partial charge on any atom is -0.338 e. The first kappa shape index (κ1) is 18.6. The van der Waals surface area contributed by atoms with Crippen LogP contribution in [0.1, 0.15) is 34.8 Å². The highest BCUT2D eigenvalue weighted by Crippen LogP contribution is 2.28. The first-order chi connectivity index (χ1) is 13.6. The van der Waals surface area contributed by atoms with Crippen molar-refractivity contribution in [2.24, 2.45) is 0 Å². The van der Waals surface area contributed by atoms with E-state index in [-0.39, 0.29) is 17.6 Å². The zero-order chi connectivity index (χ0) is 19.5. The number of carbonyl (C=O) groups is 1. The average molecular weight is 396 g/mol. The largest absolute Gasteiger partial charge is 0.338 e. The molecule has 6 heteroatoms. The maximum Gasteiger partial charge on any atom is 0.253 e. The van der Waals surface area contributed by atoms with E-state index in [1.54, 1.807) is 42.6 Å². The quantitative estimate of drug-likeness (QED) is 0.630. The number of amides is 1. The molecule has 0 radical (unpaired) electrons. The first-order valence-electron chi connectivity index (χ1n) is 9.24. The third-order valence-corrected chi connectivity index (χ3v) is 5.23. The van der Waals surface area contributed by atoms with Crippen LogP contribution >= 0.6 is 11.6 Å². The standard InChI is InChI=1S/C22H19ClFN3O/c23-18-8-6-15(7-9-18)22(28)27-12-2-4-17(14-27)20-10-11-25-21(26-20)16-3-1-5-19(24)13-16/h1,3,5-11,13,17H,2,4,12,14H2. The van der Waals surface area contributed by atoms with Crippen LogP contribution in [-0.2, 0) is 0 Å². The van der Waals surface area contributed by atoms with Gasteiger partial charge in [-0.15, -0.1) is 0 Å². The van der Waals surface area contributed by atoms with E-state index in [9.17, 15) is 9.18 Å². The molecule has 1 aromatic heterocycles. The van der Waals surface area contributed by atoms with Crippen LogP contribution in [0, 0.1) is 5.82 Å². The van der Waals surface area contributed by atoms with Gasteiger partial charge in [0.25, 0.3) is 5.91 Å². The minimum atomic E-state index is -0.316. The summed E-state index contributed by atoms with van der Waals surface area (Å²) in [5.74, 6) is 0.308. The van der Waals surface area contributed by atoms with Crippen molar-refractivity contribution in [1.82, 2.24) is 14.9 Å². The lowest BCUT2D eigenvalue weighted by molar-refractivity contribution is 0.0706. The maximum absolute atomic E-state index is 13.5. The Balaban J connectivity index is 1.54.